The van der Waals surface area contributed by atoms with Crippen molar-refractivity contribution in [2.75, 3.05) is 13.1 Å². The second-order valence-electron chi connectivity index (χ2n) is 6.92. The number of sulfonamides is 1. The summed E-state index contributed by atoms with van der Waals surface area (Å²) in [5.41, 5.74) is 6.55. The lowest BCUT2D eigenvalue weighted by molar-refractivity contribution is 0.372. The van der Waals surface area contributed by atoms with Gasteiger partial charge in [-0.2, -0.15) is 9.29 Å². The first kappa shape index (κ1) is 16.7. The normalized spacial score (nSPS) is 21.0. The zero-order chi connectivity index (χ0) is 17.5. The molecule has 2 N–H and O–H groups in total. The molecule has 8 heteroatoms. The molecule has 4 rings (SSSR count). The Kier molecular flexibility index (Phi) is 4.13. The highest BCUT2D eigenvalue weighted by molar-refractivity contribution is 7.89. The lowest BCUT2D eigenvalue weighted by atomic mass is 9.99. The van der Waals surface area contributed by atoms with E-state index in [1.54, 1.807) is 24.3 Å². The highest BCUT2D eigenvalue weighted by atomic mass is 32.2. The van der Waals surface area contributed by atoms with Gasteiger partial charge in [0.25, 0.3) is 5.89 Å². The van der Waals surface area contributed by atoms with Crippen molar-refractivity contribution in [2.24, 2.45) is 5.73 Å². The summed E-state index contributed by atoms with van der Waals surface area (Å²) in [6, 6.07) is 6.61. The van der Waals surface area contributed by atoms with Crippen molar-refractivity contribution < 1.29 is 12.9 Å². The minimum atomic E-state index is -3.41. The van der Waals surface area contributed by atoms with E-state index < -0.39 is 15.6 Å². The van der Waals surface area contributed by atoms with Gasteiger partial charge in [-0.3, -0.25) is 0 Å². The molecule has 0 unspecified atom stereocenters. The van der Waals surface area contributed by atoms with Crippen LogP contribution in [0.15, 0.2) is 33.7 Å². The first-order chi connectivity index (χ1) is 12.0. The minimum absolute atomic E-state index is 0.295. The molecule has 1 aromatic heterocycles. The standard InChI is InChI=1S/C17H22N4O3S/c18-17(9-1-2-10-17)16-19-15(24-20-16)13-5-7-14(8-6-13)25(22,23)21-11-3-4-12-21/h5-8H,1-4,9-12,18H2. The monoisotopic (exact) mass is 362 g/mol. The fourth-order valence-electron chi connectivity index (χ4n) is 3.62. The average Bonchev–Trinajstić information content (AvgIpc) is 3.36. The summed E-state index contributed by atoms with van der Waals surface area (Å²) in [5, 5.41) is 4.04. The quantitative estimate of drug-likeness (QED) is 0.895. The predicted octanol–water partition coefficient (Wildman–Crippen LogP) is 2.25. The van der Waals surface area contributed by atoms with Gasteiger partial charge in [-0.05, 0) is 49.9 Å². The topological polar surface area (TPSA) is 102 Å². The number of rotatable bonds is 4. The number of aromatic nitrogens is 2. The summed E-state index contributed by atoms with van der Waals surface area (Å²) < 4.78 is 32.0. The first-order valence-corrected chi connectivity index (χ1v) is 10.2. The Morgan fingerprint density at radius 3 is 2.32 bits per heavy atom. The van der Waals surface area contributed by atoms with Crippen molar-refractivity contribution in [3.8, 4) is 11.5 Å². The SMILES string of the molecule is NC1(c2noc(-c3ccc(S(=O)(=O)N4CCCC4)cc3)n2)CCCC1. The van der Waals surface area contributed by atoms with Gasteiger partial charge < -0.3 is 10.3 Å². The second kappa shape index (κ2) is 6.19. The molecule has 0 spiro atoms. The van der Waals surface area contributed by atoms with Crippen molar-refractivity contribution in [1.82, 2.24) is 14.4 Å². The highest BCUT2D eigenvalue weighted by Crippen LogP contribution is 2.35. The van der Waals surface area contributed by atoms with Crippen LogP contribution in [0.25, 0.3) is 11.5 Å². The number of nitrogens with zero attached hydrogens (tertiary/aromatic N) is 3. The van der Waals surface area contributed by atoms with E-state index in [9.17, 15) is 8.42 Å². The summed E-state index contributed by atoms with van der Waals surface area (Å²) in [5.74, 6) is 0.908. The van der Waals surface area contributed by atoms with Crippen molar-refractivity contribution in [2.45, 2.75) is 49.0 Å². The fourth-order valence-corrected chi connectivity index (χ4v) is 5.14. The molecule has 2 aromatic rings. The van der Waals surface area contributed by atoms with E-state index in [2.05, 4.69) is 10.1 Å². The molecule has 0 radical (unpaired) electrons. The Bertz CT molecular complexity index is 848. The Morgan fingerprint density at radius 1 is 1.04 bits per heavy atom. The number of hydrogen-bond acceptors (Lipinski definition) is 6. The zero-order valence-electron chi connectivity index (χ0n) is 14.0. The van der Waals surface area contributed by atoms with Crippen molar-refractivity contribution in [1.29, 1.82) is 0 Å². The Labute approximate surface area is 147 Å². The molecule has 2 fully saturated rings. The van der Waals surface area contributed by atoms with Crippen LogP contribution in [0.4, 0.5) is 0 Å². The van der Waals surface area contributed by atoms with Gasteiger partial charge >= 0.3 is 0 Å². The largest absolute Gasteiger partial charge is 0.334 e. The molecule has 2 aliphatic rings. The van der Waals surface area contributed by atoms with Gasteiger partial charge in [-0.15, -0.1) is 0 Å². The Morgan fingerprint density at radius 2 is 1.68 bits per heavy atom. The molecular formula is C17H22N4O3S. The van der Waals surface area contributed by atoms with E-state index in [0.29, 0.717) is 35.3 Å². The Balaban J connectivity index is 1.57. The van der Waals surface area contributed by atoms with Gasteiger partial charge in [0.1, 0.15) is 0 Å². The molecule has 2 heterocycles. The van der Waals surface area contributed by atoms with Crippen LogP contribution in [0.3, 0.4) is 0 Å². The van der Waals surface area contributed by atoms with Gasteiger partial charge in [0.2, 0.25) is 10.0 Å². The molecule has 25 heavy (non-hydrogen) atoms. The van der Waals surface area contributed by atoms with Crippen LogP contribution in [-0.2, 0) is 15.6 Å². The van der Waals surface area contributed by atoms with Gasteiger partial charge in [-0.1, -0.05) is 18.0 Å². The van der Waals surface area contributed by atoms with Crippen molar-refractivity contribution in [3.63, 3.8) is 0 Å². The maximum atomic E-state index is 12.6. The molecular weight excluding hydrogens is 340 g/mol. The summed E-state index contributed by atoms with van der Waals surface area (Å²) in [4.78, 5) is 4.74. The van der Waals surface area contributed by atoms with Crippen molar-refractivity contribution >= 4 is 10.0 Å². The maximum Gasteiger partial charge on any atom is 0.257 e. The molecule has 1 aliphatic heterocycles. The second-order valence-corrected chi connectivity index (χ2v) is 8.86. The molecule has 0 bridgehead atoms. The van der Waals surface area contributed by atoms with Crippen LogP contribution >= 0.6 is 0 Å². The minimum Gasteiger partial charge on any atom is -0.334 e. The van der Waals surface area contributed by atoms with Gasteiger partial charge in [0.05, 0.1) is 10.4 Å². The van der Waals surface area contributed by atoms with Crippen LogP contribution in [0.1, 0.15) is 44.3 Å². The third-order valence-electron chi connectivity index (χ3n) is 5.17. The molecule has 1 saturated heterocycles. The van der Waals surface area contributed by atoms with E-state index in [4.69, 9.17) is 10.3 Å². The lowest BCUT2D eigenvalue weighted by Gasteiger charge is -2.17. The summed E-state index contributed by atoms with van der Waals surface area (Å²) in [7, 11) is -3.41. The van der Waals surface area contributed by atoms with Crippen molar-refractivity contribution in [3.05, 3.63) is 30.1 Å². The van der Waals surface area contributed by atoms with E-state index >= 15 is 0 Å². The number of benzene rings is 1. The van der Waals surface area contributed by atoms with E-state index in [-0.39, 0.29) is 0 Å². The molecule has 0 amide bonds. The first-order valence-electron chi connectivity index (χ1n) is 8.73. The summed E-state index contributed by atoms with van der Waals surface area (Å²) in [6.07, 6.45) is 5.71. The fraction of sp³-hybridized carbons (Fsp3) is 0.529. The molecule has 0 atom stereocenters. The third-order valence-corrected chi connectivity index (χ3v) is 7.08. The summed E-state index contributed by atoms with van der Waals surface area (Å²) in [6.45, 7) is 1.19. The third kappa shape index (κ3) is 2.98. The van der Waals surface area contributed by atoms with Crippen LogP contribution in [0.2, 0.25) is 0 Å². The molecule has 134 valence electrons. The van der Waals surface area contributed by atoms with E-state index in [1.165, 1.54) is 4.31 Å². The van der Waals surface area contributed by atoms with Gasteiger partial charge in [0, 0.05) is 18.7 Å². The van der Waals surface area contributed by atoms with Crippen LogP contribution in [0.5, 0.6) is 0 Å². The van der Waals surface area contributed by atoms with Gasteiger partial charge in [0.15, 0.2) is 5.82 Å². The Hall–Kier alpha value is -1.77. The van der Waals surface area contributed by atoms with E-state index in [0.717, 1.165) is 38.5 Å². The smallest absolute Gasteiger partial charge is 0.257 e. The highest BCUT2D eigenvalue weighted by Gasteiger charge is 2.36. The lowest BCUT2D eigenvalue weighted by Crippen LogP contribution is -2.34. The average molecular weight is 362 g/mol. The van der Waals surface area contributed by atoms with Crippen LogP contribution in [0, 0.1) is 0 Å². The molecule has 1 aromatic carbocycles. The summed E-state index contributed by atoms with van der Waals surface area (Å²) >= 11 is 0. The molecule has 1 aliphatic carbocycles. The maximum absolute atomic E-state index is 12.6. The predicted molar refractivity (Wildman–Crippen MR) is 92.1 cm³/mol. The molecule has 1 saturated carbocycles. The van der Waals surface area contributed by atoms with Crippen LogP contribution < -0.4 is 5.73 Å². The number of hydrogen-bond donors (Lipinski definition) is 1. The van der Waals surface area contributed by atoms with E-state index in [1.807, 2.05) is 0 Å². The van der Waals surface area contributed by atoms with Crippen LogP contribution in [-0.4, -0.2) is 36.0 Å². The van der Waals surface area contributed by atoms with Gasteiger partial charge in [-0.25, -0.2) is 8.42 Å². The molecule has 7 nitrogen and oxygen atoms in total. The zero-order valence-corrected chi connectivity index (χ0v) is 14.8. The number of nitrogens with two attached hydrogens (primary N) is 1.